The highest BCUT2D eigenvalue weighted by Gasteiger charge is 2.14. The number of halogens is 1. The third-order valence-electron chi connectivity index (χ3n) is 3.63. The molecular weight excluding hydrogens is 231 g/mol. The Balaban J connectivity index is 3.66. The van der Waals surface area contributed by atoms with Gasteiger partial charge in [0.2, 0.25) is 0 Å². The molecule has 3 atom stereocenters. The number of carbonyl (C=O) groups is 1. The van der Waals surface area contributed by atoms with Gasteiger partial charge in [0.05, 0.1) is 12.8 Å². The highest BCUT2D eigenvalue weighted by Crippen LogP contribution is 2.22. The van der Waals surface area contributed by atoms with Crippen LogP contribution in [-0.2, 0) is 9.53 Å². The predicted molar refractivity (Wildman–Crippen MR) is 73.5 cm³/mol. The van der Waals surface area contributed by atoms with E-state index in [0.717, 1.165) is 19.3 Å². The van der Waals surface area contributed by atoms with E-state index < -0.39 is 0 Å². The minimum atomic E-state index is -0.300. The van der Waals surface area contributed by atoms with Crippen molar-refractivity contribution in [2.45, 2.75) is 65.9 Å². The van der Waals surface area contributed by atoms with Gasteiger partial charge in [0.15, 0.2) is 0 Å². The number of hydrogen-bond acceptors (Lipinski definition) is 2. The molecule has 3 unspecified atom stereocenters. The lowest BCUT2D eigenvalue weighted by Gasteiger charge is -2.21. The van der Waals surface area contributed by atoms with Crippen LogP contribution in [0, 0.1) is 11.8 Å². The van der Waals surface area contributed by atoms with Crippen molar-refractivity contribution in [3.8, 4) is 0 Å². The predicted octanol–water partition coefficient (Wildman–Crippen LogP) is 4.17. The summed E-state index contributed by atoms with van der Waals surface area (Å²) in [6.45, 7) is 8.36. The van der Waals surface area contributed by atoms with Gasteiger partial charge >= 0.3 is 0 Å². The SMILES string of the molecule is CC(=O)CCC(C)C(C)CCC(C)OCCCF. The smallest absolute Gasteiger partial charge is 0.129 e. The van der Waals surface area contributed by atoms with Gasteiger partial charge in [0.1, 0.15) is 5.78 Å². The second kappa shape index (κ2) is 10.5. The van der Waals surface area contributed by atoms with Crippen LogP contribution in [0.5, 0.6) is 0 Å². The van der Waals surface area contributed by atoms with Gasteiger partial charge < -0.3 is 9.53 Å². The fraction of sp³-hybridized carbons (Fsp3) is 0.933. The summed E-state index contributed by atoms with van der Waals surface area (Å²) in [6.07, 6.45) is 4.49. The second-order valence-corrected chi connectivity index (χ2v) is 5.50. The van der Waals surface area contributed by atoms with Crippen molar-refractivity contribution in [2.75, 3.05) is 13.3 Å². The van der Waals surface area contributed by atoms with Crippen LogP contribution in [0.2, 0.25) is 0 Å². The van der Waals surface area contributed by atoms with Gasteiger partial charge in [-0.25, -0.2) is 0 Å². The lowest BCUT2D eigenvalue weighted by molar-refractivity contribution is -0.117. The molecule has 0 aromatic rings. The molecule has 0 fully saturated rings. The highest BCUT2D eigenvalue weighted by atomic mass is 19.1. The maximum absolute atomic E-state index is 11.9. The van der Waals surface area contributed by atoms with Crippen LogP contribution in [0.3, 0.4) is 0 Å². The first-order valence-electron chi connectivity index (χ1n) is 7.14. The molecule has 0 aliphatic carbocycles. The molecule has 0 aromatic heterocycles. The maximum Gasteiger partial charge on any atom is 0.129 e. The largest absolute Gasteiger partial charge is 0.378 e. The summed E-state index contributed by atoms with van der Waals surface area (Å²) >= 11 is 0. The molecule has 0 saturated carbocycles. The topological polar surface area (TPSA) is 26.3 Å². The molecule has 2 nitrogen and oxygen atoms in total. The number of carbonyl (C=O) groups excluding carboxylic acids is 1. The number of hydrogen-bond donors (Lipinski definition) is 0. The molecule has 0 N–H and O–H groups in total. The minimum Gasteiger partial charge on any atom is -0.378 e. The normalized spacial score (nSPS) is 16.3. The molecule has 0 amide bonds. The van der Waals surface area contributed by atoms with Crippen molar-refractivity contribution in [1.29, 1.82) is 0 Å². The number of ketones is 1. The fourth-order valence-corrected chi connectivity index (χ4v) is 1.92. The minimum absolute atomic E-state index is 0.207. The summed E-state index contributed by atoms with van der Waals surface area (Å²) in [4.78, 5) is 10.9. The van der Waals surface area contributed by atoms with Gasteiger partial charge in [-0.3, -0.25) is 4.39 Å². The zero-order valence-corrected chi connectivity index (χ0v) is 12.4. The van der Waals surface area contributed by atoms with Crippen molar-refractivity contribution in [3.63, 3.8) is 0 Å². The average Bonchev–Trinajstić information content (AvgIpc) is 2.33. The molecule has 18 heavy (non-hydrogen) atoms. The van der Waals surface area contributed by atoms with Crippen LogP contribution in [-0.4, -0.2) is 25.2 Å². The lowest BCUT2D eigenvalue weighted by atomic mass is 9.87. The van der Waals surface area contributed by atoms with Crippen LogP contribution < -0.4 is 0 Å². The Kier molecular flexibility index (Phi) is 10.2. The van der Waals surface area contributed by atoms with E-state index in [4.69, 9.17) is 4.74 Å². The molecule has 0 aliphatic rings. The number of rotatable bonds is 11. The van der Waals surface area contributed by atoms with Crippen LogP contribution >= 0.6 is 0 Å². The van der Waals surface area contributed by atoms with E-state index in [0.29, 0.717) is 31.3 Å². The zero-order valence-electron chi connectivity index (χ0n) is 12.4. The first-order valence-corrected chi connectivity index (χ1v) is 7.14. The van der Waals surface area contributed by atoms with Crippen LogP contribution in [0.25, 0.3) is 0 Å². The number of alkyl halides is 1. The second-order valence-electron chi connectivity index (χ2n) is 5.50. The van der Waals surface area contributed by atoms with Gasteiger partial charge in [-0.1, -0.05) is 13.8 Å². The fourth-order valence-electron chi connectivity index (χ4n) is 1.92. The van der Waals surface area contributed by atoms with Crippen molar-refractivity contribution >= 4 is 5.78 Å². The molecular formula is C15H29FO2. The highest BCUT2D eigenvalue weighted by molar-refractivity contribution is 5.75. The van der Waals surface area contributed by atoms with E-state index >= 15 is 0 Å². The third kappa shape index (κ3) is 9.58. The van der Waals surface area contributed by atoms with E-state index in [1.165, 1.54) is 0 Å². The average molecular weight is 260 g/mol. The Hall–Kier alpha value is -0.440. The first kappa shape index (κ1) is 17.6. The molecule has 0 aromatic carbocycles. The monoisotopic (exact) mass is 260 g/mol. The Morgan fingerprint density at radius 3 is 2.28 bits per heavy atom. The molecule has 0 spiro atoms. The maximum atomic E-state index is 11.9. The van der Waals surface area contributed by atoms with E-state index in [9.17, 15) is 9.18 Å². The molecule has 0 bridgehead atoms. The summed E-state index contributed by atoms with van der Waals surface area (Å²) in [6, 6.07) is 0. The van der Waals surface area contributed by atoms with Crippen molar-refractivity contribution in [2.24, 2.45) is 11.8 Å². The third-order valence-corrected chi connectivity index (χ3v) is 3.63. The van der Waals surface area contributed by atoms with E-state index in [2.05, 4.69) is 13.8 Å². The number of Topliss-reactive ketones (excluding diaryl/α,β-unsaturated/α-hetero) is 1. The van der Waals surface area contributed by atoms with Crippen molar-refractivity contribution in [3.05, 3.63) is 0 Å². The van der Waals surface area contributed by atoms with E-state index in [1.807, 2.05) is 6.92 Å². The summed E-state index contributed by atoms with van der Waals surface area (Å²) in [7, 11) is 0. The molecule has 0 heterocycles. The number of ether oxygens (including phenoxy) is 1. The Morgan fingerprint density at radius 2 is 1.72 bits per heavy atom. The Labute approximate surface area is 111 Å². The standard InChI is InChI=1S/C15H29FO2/c1-12(6-8-14(3)17)13(2)7-9-15(4)18-11-5-10-16/h12-13,15H,5-11H2,1-4H3. The molecule has 108 valence electrons. The molecule has 0 rings (SSSR count). The van der Waals surface area contributed by atoms with Crippen molar-refractivity contribution < 1.29 is 13.9 Å². The quantitative estimate of drug-likeness (QED) is 0.521. The van der Waals surface area contributed by atoms with Gasteiger partial charge in [-0.15, -0.1) is 0 Å². The van der Waals surface area contributed by atoms with Gasteiger partial charge in [-0.05, 0) is 51.4 Å². The molecule has 0 aliphatic heterocycles. The summed E-state index contributed by atoms with van der Waals surface area (Å²) in [5, 5.41) is 0. The lowest BCUT2D eigenvalue weighted by Crippen LogP contribution is -2.15. The Bertz CT molecular complexity index is 219. The van der Waals surface area contributed by atoms with Gasteiger partial charge in [0, 0.05) is 13.0 Å². The summed E-state index contributed by atoms with van der Waals surface area (Å²) < 4.78 is 17.4. The zero-order chi connectivity index (χ0) is 14.0. The molecule has 0 saturated heterocycles. The molecule has 3 heteroatoms. The van der Waals surface area contributed by atoms with Crippen LogP contribution in [0.15, 0.2) is 0 Å². The Morgan fingerprint density at radius 1 is 1.11 bits per heavy atom. The first-order chi connectivity index (χ1) is 8.47. The van der Waals surface area contributed by atoms with Crippen LogP contribution in [0.1, 0.15) is 59.8 Å². The van der Waals surface area contributed by atoms with E-state index in [1.54, 1.807) is 6.92 Å². The summed E-state index contributed by atoms with van der Waals surface area (Å²) in [5.41, 5.74) is 0. The van der Waals surface area contributed by atoms with Crippen LogP contribution in [0.4, 0.5) is 4.39 Å². The van der Waals surface area contributed by atoms with Crippen molar-refractivity contribution in [1.82, 2.24) is 0 Å². The molecule has 0 radical (unpaired) electrons. The summed E-state index contributed by atoms with van der Waals surface area (Å²) in [5.74, 6) is 1.46. The van der Waals surface area contributed by atoms with Gasteiger partial charge in [0.25, 0.3) is 0 Å². The van der Waals surface area contributed by atoms with E-state index in [-0.39, 0.29) is 18.6 Å². The van der Waals surface area contributed by atoms with Gasteiger partial charge in [-0.2, -0.15) is 0 Å².